The molecule has 0 radical (unpaired) electrons. The smallest absolute Gasteiger partial charge is 0.0603 e. The largest absolute Gasteiger partial charge is 0.397 e. The van der Waals surface area contributed by atoms with E-state index in [9.17, 15) is 4.21 Å². The predicted octanol–water partition coefficient (Wildman–Crippen LogP) is 2.15. The molecule has 0 fully saturated rings. The molecule has 0 amide bonds. The zero-order chi connectivity index (χ0) is 12.1. The van der Waals surface area contributed by atoms with Crippen LogP contribution in [0.1, 0.15) is 18.9 Å². The van der Waals surface area contributed by atoms with Gasteiger partial charge in [0.25, 0.3) is 0 Å². The first-order valence-corrected chi connectivity index (χ1v) is 7.05. The molecule has 4 heteroatoms. The lowest BCUT2D eigenvalue weighted by Gasteiger charge is -2.14. The van der Waals surface area contributed by atoms with Crippen molar-refractivity contribution in [3.8, 4) is 0 Å². The lowest BCUT2D eigenvalue weighted by atomic mass is 10.1. The molecule has 0 aromatic heterocycles. The molecule has 0 aliphatic carbocycles. The number of anilines is 2. The summed E-state index contributed by atoms with van der Waals surface area (Å²) >= 11 is 0. The van der Waals surface area contributed by atoms with E-state index in [1.807, 2.05) is 32.0 Å². The average Bonchev–Trinajstić information content (AvgIpc) is 2.22. The number of para-hydroxylation sites is 1. The number of benzene rings is 1. The van der Waals surface area contributed by atoms with Crippen molar-refractivity contribution < 1.29 is 4.21 Å². The van der Waals surface area contributed by atoms with Crippen molar-refractivity contribution in [2.24, 2.45) is 0 Å². The van der Waals surface area contributed by atoms with Crippen LogP contribution >= 0.6 is 0 Å². The summed E-state index contributed by atoms with van der Waals surface area (Å²) < 4.78 is 11.2. The zero-order valence-corrected chi connectivity index (χ0v) is 10.9. The van der Waals surface area contributed by atoms with Gasteiger partial charge < -0.3 is 11.1 Å². The minimum Gasteiger partial charge on any atom is -0.397 e. The highest BCUT2D eigenvalue weighted by atomic mass is 32.2. The van der Waals surface area contributed by atoms with Crippen LogP contribution in [0, 0.1) is 6.92 Å². The number of hydrogen-bond donors (Lipinski definition) is 2. The number of aryl methyl sites for hydroxylation is 1. The summed E-state index contributed by atoms with van der Waals surface area (Å²) in [5.74, 6) is 0. The second kappa shape index (κ2) is 5.89. The van der Waals surface area contributed by atoms with E-state index >= 15 is 0 Å². The van der Waals surface area contributed by atoms with E-state index in [1.165, 1.54) is 0 Å². The van der Waals surface area contributed by atoms with E-state index in [1.54, 1.807) is 6.26 Å². The van der Waals surface area contributed by atoms with Crippen molar-refractivity contribution in [3.63, 3.8) is 0 Å². The minimum absolute atomic E-state index is 0.220. The van der Waals surface area contributed by atoms with Crippen molar-refractivity contribution in [2.75, 3.05) is 23.9 Å². The van der Waals surface area contributed by atoms with Gasteiger partial charge in [-0.15, -0.1) is 0 Å². The molecule has 2 unspecified atom stereocenters. The molecular weight excluding hydrogens is 220 g/mol. The maximum absolute atomic E-state index is 11.2. The fourth-order valence-electron chi connectivity index (χ4n) is 1.50. The Hall–Kier alpha value is -1.03. The summed E-state index contributed by atoms with van der Waals surface area (Å²) in [6, 6.07) is 5.86. The van der Waals surface area contributed by atoms with Gasteiger partial charge in [-0.2, -0.15) is 0 Å². The quantitative estimate of drug-likeness (QED) is 0.775. The highest BCUT2D eigenvalue weighted by Gasteiger charge is 2.06. The summed E-state index contributed by atoms with van der Waals surface area (Å²) in [7, 11) is -0.750. The van der Waals surface area contributed by atoms with Crippen LogP contribution in [0.15, 0.2) is 18.2 Å². The van der Waals surface area contributed by atoms with Crippen molar-refractivity contribution in [2.45, 2.75) is 25.5 Å². The molecule has 1 aromatic carbocycles. The van der Waals surface area contributed by atoms with E-state index in [0.717, 1.165) is 29.9 Å². The van der Waals surface area contributed by atoms with Crippen LogP contribution in [0.3, 0.4) is 0 Å². The van der Waals surface area contributed by atoms with Crippen LogP contribution in [0.5, 0.6) is 0 Å². The SMILES string of the molecule is Cc1cccc(N)c1NCCC(C)S(C)=O. The lowest BCUT2D eigenvalue weighted by molar-refractivity contribution is 0.672. The standard InChI is InChI=1S/C12H20N2OS/c1-9-5-4-6-11(13)12(9)14-8-7-10(2)16(3)15/h4-6,10,14H,7-8,13H2,1-3H3. The lowest BCUT2D eigenvalue weighted by Crippen LogP contribution is -2.15. The Labute approximate surface area is 99.9 Å². The van der Waals surface area contributed by atoms with E-state index in [0.29, 0.717) is 0 Å². The first-order valence-electron chi connectivity index (χ1n) is 5.43. The molecule has 0 bridgehead atoms. The number of nitrogens with two attached hydrogens (primary N) is 1. The molecular formula is C12H20N2OS. The van der Waals surface area contributed by atoms with Crippen LogP contribution in [-0.2, 0) is 10.8 Å². The Morgan fingerprint density at radius 2 is 2.19 bits per heavy atom. The van der Waals surface area contributed by atoms with Crippen LogP contribution in [0.25, 0.3) is 0 Å². The number of nitrogen functional groups attached to an aromatic ring is 1. The van der Waals surface area contributed by atoms with Gasteiger partial charge >= 0.3 is 0 Å². The second-order valence-electron chi connectivity index (χ2n) is 4.06. The van der Waals surface area contributed by atoms with Gasteiger partial charge in [-0.3, -0.25) is 4.21 Å². The molecule has 0 aliphatic heterocycles. The van der Waals surface area contributed by atoms with Crippen molar-refractivity contribution in [1.29, 1.82) is 0 Å². The van der Waals surface area contributed by atoms with E-state index in [2.05, 4.69) is 5.32 Å². The van der Waals surface area contributed by atoms with E-state index < -0.39 is 10.8 Å². The van der Waals surface area contributed by atoms with E-state index in [-0.39, 0.29) is 5.25 Å². The Morgan fingerprint density at radius 3 is 2.75 bits per heavy atom. The van der Waals surface area contributed by atoms with Gasteiger partial charge in [0.05, 0.1) is 11.4 Å². The molecule has 3 nitrogen and oxygen atoms in total. The van der Waals surface area contributed by atoms with Crippen LogP contribution < -0.4 is 11.1 Å². The summed E-state index contributed by atoms with van der Waals surface area (Å²) in [5, 5.41) is 3.53. The fraction of sp³-hybridized carbons (Fsp3) is 0.500. The summed E-state index contributed by atoms with van der Waals surface area (Å²) in [4.78, 5) is 0. The molecule has 0 heterocycles. The van der Waals surface area contributed by atoms with Crippen molar-refractivity contribution in [3.05, 3.63) is 23.8 Å². The van der Waals surface area contributed by atoms with Gasteiger partial charge in [0.2, 0.25) is 0 Å². The monoisotopic (exact) mass is 240 g/mol. The van der Waals surface area contributed by atoms with Gasteiger partial charge in [0.15, 0.2) is 0 Å². The number of hydrogen-bond acceptors (Lipinski definition) is 3. The Morgan fingerprint density at radius 1 is 1.50 bits per heavy atom. The minimum atomic E-state index is -0.750. The zero-order valence-electron chi connectivity index (χ0n) is 10.1. The molecule has 0 saturated carbocycles. The number of nitrogens with one attached hydrogen (secondary N) is 1. The highest BCUT2D eigenvalue weighted by molar-refractivity contribution is 7.84. The molecule has 1 rings (SSSR count). The molecule has 2 atom stereocenters. The molecule has 0 aliphatic rings. The maximum Gasteiger partial charge on any atom is 0.0603 e. The summed E-state index contributed by atoms with van der Waals surface area (Å²) in [5.41, 5.74) is 8.78. The Bertz CT molecular complexity index is 359. The first kappa shape index (κ1) is 13.0. The summed E-state index contributed by atoms with van der Waals surface area (Å²) in [6.45, 7) is 4.83. The predicted molar refractivity (Wildman–Crippen MR) is 72.2 cm³/mol. The summed E-state index contributed by atoms with van der Waals surface area (Å²) in [6.07, 6.45) is 2.63. The third-order valence-corrected chi connectivity index (χ3v) is 4.09. The molecule has 3 N–H and O–H groups in total. The van der Waals surface area contributed by atoms with Crippen LogP contribution in [-0.4, -0.2) is 22.3 Å². The van der Waals surface area contributed by atoms with Gasteiger partial charge in [-0.1, -0.05) is 19.1 Å². The molecule has 90 valence electrons. The van der Waals surface area contributed by atoms with Crippen molar-refractivity contribution in [1.82, 2.24) is 0 Å². The molecule has 1 aromatic rings. The van der Waals surface area contributed by atoms with Gasteiger partial charge in [0, 0.05) is 28.9 Å². The topological polar surface area (TPSA) is 55.1 Å². The maximum atomic E-state index is 11.2. The van der Waals surface area contributed by atoms with Gasteiger partial charge in [-0.05, 0) is 25.0 Å². The van der Waals surface area contributed by atoms with Gasteiger partial charge in [-0.25, -0.2) is 0 Å². The Kier molecular flexibility index (Phi) is 4.80. The Balaban J connectivity index is 2.52. The third kappa shape index (κ3) is 3.52. The first-order chi connectivity index (χ1) is 7.52. The number of rotatable bonds is 5. The molecule has 0 saturated heterocycles. The highest BCUT2D eigenvalue weighted by Crippen LogP contribution is 2.22. The average molecular weight is 240 g/mol. The normalized spacial score (nSPS) is 14.4. The van der Waals surface area contributed by atoms with Crippen molar-refractivity contribution >= 4 is 22.2 Å². The third-order valence-electron chi connectivity index (χ3n) is 2.72. The van der Waals surface area contributed by atoms with Crippen LogP contribution in [0.2, 0.25) is 0 Å². The molecule has 16 heavy (non-hydrogen) atoms. The molecule has 0 spiro atoms. The van der Waals surface area contributed by atoms with Crippen LogP contribution in [0.4, 0.5) is 11.4 Å². The fourth-order valence-corrected chi connectivity index (χ4v) is 1.95. The second-order valence-corrected chi connectivity index (χ2v) is 5.87. The van der Waals surface area contributed by atoms with Gasteiger partial charge in [0.1, 0.15) is 0 Å². The van der Waals surface area contributed by atoms with E-state index in [4.69, 9.17) is 5.73 Å².